The van der Waals surface area contributed by atoms with Crippen LogP contribution in [0.15, 0.2) is 18.2 Å². The summed E-state index contributed by atoms with van der Waals surface area (Å²) in [5, 5.41) is 4.32. The molecule has 0 fully saturated rings. The van der Waals surface area contributed by atoms with E-state index in [1.165, 1.54) is 5.56 Å². The highest BCUT2D eigenvalue weighted by molar-refractivity contribution is 6.30. The summed E-state index contributed by atoms with van der Waals surface area (Å²) in [6.07, 6.45) is 2.26. The maximum absolute atomic E-state index is 6.02. The van der Waals surface area contributed by atoms with Crippen LogP contribution >= 0.6 is 11.6 Å². The van der Waals surface area contributed by atoms with Crippen molar-refractivity contribution in [2.45, 2.75) is 39.7 Å². The Bertz CT molecular complexity index is 368. The molecule has 2 nitrogen and oxygen atoms in total. The molecule has 0 spiro atoms. The molecule has 0 aliphatic carbocycles. The topological polar surface area (TPSA) is 21.3 Å². The molecule has 0 saturated carbocycles. The molecule has 0 heterocycles. The van der Waals surface area contributed by atoms with E-state index in [9.17, 15) is 0 Å². The van der Waals surface area contributed by atoms with Gasteiger partial charge < -0.3 is 10.1 Å². The number of hydrogen-bond acceptors (Lipinski definition) is 2. The Labute approximate surface area is 116 Å². The van der Waals surface area contributed by atoms with Gasteiger partial charge in [0, 0.05) is 16.6 Å². The summed E-state index contributed by atoms with van der Waals surface area (Å²) in [4.78, 5) is 0. The molecule has 0 saturated heterocycles. The van der Waals surface area contributed by atoms with Gasteiger partial charge in [-0.15, -0.1) is 0 Å². The van der Waals surface area contributed by atoms with Crippen molar-refractivity contribution in [1.29, 1.82) is 0 Å². The zero-order valence-corrected chi connectivity index (χ0v) is 12.6. The van der Waals surface area contributed by atoms with Gasteiger partial charge in [0.15, 0.2) is 0 Å². The molecular formula is C15H24ClNO. The van der Waals surface area contributed by atoms with Gasteiger partial charge in [0.2, 0.25) is 0 Å². The average molecular weight is 270 g/mol. The van der Waals surface area contributed by atoms with Gasteiger partial charge in [0.25, 0.3) is 0 Å². The molecule has 3 heteroatoms. The van der Waals surface area contributed by atoms with Crippen LogP contribution in [0.4, 0.5) is 0 Å². The van der Waals surface area contributed by atoms with Crippen molar-refractivity contribution in [2.75, 3.05) is 13.7 Å². The summed E-state index contributed by atoms with van der Waals surface area (Å²) < 4.78 is 5.46. The first kappa shape index (κ1) is 15.3. The first-order valence-corrected chi connectivity index (χ1v) is 7.08. The highest BCUT2D eigenvalue weighted by Gasteiger charge is 2.20. The molecule has 2 atom stereocenters. The third kappa shape index (κ3) is 3.89. The van der Waals surface area contributed by atoms with E-state index in [0.29, 0.717) is 17.0 Å². The average Bonchev–Trinajstić information content (AvgIpc) is 2.39. The van der Waals surface area contributed by atoms with Gasteiger partial charge in [-0.2, -0.15) is 0 Å². The molecule has 0 aliphatic rings. The first-order chi connectivity index (χ1) is 8.63. The van der Waals surface area contributed by atoms with Crippen molar-refractivity contribution >= 4 is 11.6 Å². The molecule has 1 aromatic carbocycles. The fourth-order valence-corrected chi connectivity index (χ4v) is 2.26. The molecule has 0 aromatic heterocycles. The Balaban J connectivity index is 3.03. The second kappa shape index (κ2) is 7.65. The van der Waals surface area contributed by atoms with E-state index >= 15 is 0 Å². The third-order valence-electron chi connectivity index (χ3n) is 3.36. The van der Waals surface area contributed by atoms with Crippen LogP contribution in [0.3, 0.4) is 0 Å². The van der Waals surface area contributed by atoms with Crippen LogP contribution in [0.5, 0.6) is 5.75 Å². The molecule has 2 unspecified atom stereocenters. The van der Waals surface area contributed by atoms with Gasteiger partial charge in [0.05, 0.1) is 7.11 Å². The summed E-state index contributed by atoms with van der Waals surface area (Å²) in [5.41, 5.74) is 1.20. The summed E-state index contributed by atoms with van der Waals surface area (Å²) in [7, 11) is 1.70. The number of nitrogens with one attached hydrogen (secondary N) is 1. The zero-order valence-electron chi connectivity index (χ0n) is 11.8. The van der Waals surface area contributed by atoms with E-state index < -0.39 is 0 Å². The van der Waals surface area contributed by atoms with Crippen LogP contribution < -0.4 is 10.1 Å². The van der Waals surface area contributed by atoms with Gasteiger partial charge in [-0.25, -0.2) is 0 Å². The molecule has 0 radical (unpaired) electrons. The Morgan fingerprint density at radius 3 is 2.61 bits per heavy atom. The van der Waals surface area contributed by atoms with Crippen LogP contribution in [-0.4, -0.2) is 13.7 Å². The Kier molecular flexibility index (Phi) is 6.51. The van der Waals surface area contributed by atoms with E-state index in [1.807, 2.05) is 12.1 Å². The minimum atomic E-state index is 0.321. The van der Waals surface area contributed by atoms with Gasteiger partial charge in [-0.3, -0.25) is 0 Å². The molecular weight excluding hydrogens is 246 g/mol. The standard InChI is InChI=1S/C15H24ClNO/c1-5-9-17-15(11(3)6-2)13-8-7-12(16)10-14(13)18-4/h7-8,10-11,15,17H,5-6,9H2,1-4H3. The smallest absolute Gasteiger partial charge is 0.125 e. The van der Waals surface area contributed by atoms with Crippen molar-refractivity contribution in [3.63, 3.8) is 0 Å². The maximum Gasteiger partial charge on any atom is 0.125 e. The SMILES string of the molecule is CCCNC(c1ccc(Cl)cc1OC)C(C)CC. The molecule has 102 valence electrons. The van der Waals surface area contributed by atoms with E-state index in [0.717, 1.165) is 25.1 Å². The lowest BCUT2D eigenvalue weighted by Crippen LogP contribution is -2.27. The van der Waals surface area contributed by atoms with Crippen LogP contribution in [0, 0.1) is 5.92 Å². The monoisotopic (exact) mass is 269 g/mol. The van der Waals surface area contributed by atoms with Crippen LogP contribution in [0.1, 0.15) is 45.2 Å². The fraction of sp³-hybridized carbons (Fsp3) is 0.600. The van der Waals surface area contributed by atoms with Crippen molar-refractivity contribution in [1.82, 2.24) is 5.32 Å². The number of ether oxygens (including phenoxy) is 1. The lowest BCUT2D eigenvalue weighted by Gasteiger charge is -2.26. The van der Waals surface area contributed by atoms with Crippen molar-refractivity contribution < 1.29 is 4.74 Å². The number of hydrogen-bond donors (Lipinski definition) is 1. The second-order valence-electron chi connectivity index (χ2n) is 4.70. The summed E-state index contributed by atoms with van der Waals surface area (Å²) in [5.74, 6) is 1.43. The summed E-state index contributed by atoms with van der Waals surface area (Å²) in [6, 6.07) is 6.21. The second-order valence-corrected chi connectivity index (χ2v) is 5.14. The lowest BCUT2D eigenvalue weighted by atomic mass is 9.91. The van der Waals surface area contributed by atoms with E-state index in [2.05, 4.69) is 32.2 Å². The zero-order chi connectivity index (χ0) is 13.5. The van der Waals surface area contributed by atoms with Crippen LogP contribution in [-0.2, 0) is 0 Å². The van der Waals surface area contributed by atoms with Crippen molar-refractivity contribution in [3.8, 4) is 5.75 Å². The summed E-state index contributed by atoms with van der Waals surface area (Å²) in [6.45, 7) is 7.68. The normalized spacial score (nSPS) is 14.3. The predicted octanol–water partition coefficient (Wildman–Crippen LogP) is 4.44. The van der Waals surface area contributed by atoms with E-state index in [-0.39, 0.29) is 0 Å². The molecule has 0 bridgehead atoms. The van der Waals surface area contributed by atoms with Crippen LogP contribution in [0.25, 0.3) is 0 Å². The largest absolute Gasteiger partial charge is 0.496 e. The first-order valence-electron chi connectivity index (χ1n) is 6.70. The molecule has 1 aromatic rings. The number of methoxy groups -OCH3 is 1. The summed E-state index contributed by atoms with van der Waals surface area (Å²) >= 11 is 6.02. The highest BCUT2D eigenvalue weighted by Crippen LogP contribution is 2.33. The lowest BCUT2D eigenvalue weighted by molar-refractivity contribution is 0.351. The Morgan fingerprint density at radius 2 is 2.06 bits per heavy atom. The molecule has 1 rings (SSSR count). The third-order valence-corrected chi connectivity index (χ3v) is 3.59. The van der Waals surface area contributed by atoms with Gasteiger partial charge in [0.1, 0.15) is 5.75 Å². The minimum absolute atomic E-state index is 0.321. The van der Waals surface area contributed by atoms with E-state index in [4.69, 9.17) is 16.3 Å². The minimum Gasteiger partial charge on any atom is -0.496 e. The quantitative estimate of drug-likeness (QED) is 0.790. The number of halogens is 1. The van der Waals surface area contributed by atoms with Crippen molar-refractivity contribution in [2.24, 2.45) is 5.92 Å². The molecule has 0 aliphatic heterocycles. The Hall–Kier alpha value is -0.730. The highest BCUT2D eigenvalue weighted by atomic mass is 35.5. The number of rotatable bonds is 7. The van der Waals surface area contributed by atoms with E-state index in [1.54, 1.807) is 7.11 Å². The maximum atomic E-state index is 6.02. The Morgan fingerprint density at radius 1 is 1.33 bits per heavy atom. The van der Waals surface area contributed by atoms with Crippen LogP contribution in [0.2, 0.25) is 5.02 Å². The molecule has 18 heavy (non-hydrogen) atoms. The predicted molar refractivity (Wildman–Crippen MR) is 78.5 cm³/mol. The molecule has 0 amide bonds. The van der Waals surface area contributed by atoms with Gasteiger partial charge in [-0.1, -0.05) is 44.9 Å². The molecule has 1 N–H and O–H groups in total. The fourth-order valence-electron chi connectivity index (χ4n) is 2.10. The van der Waals surface area contributed by atoms with Gasteiger partial charge >= 0.3 is 0 Å². The van der Waals surface area contributed by atoms with Crippen molar-refractivity contribution in [3.05, 3.63) is 28.8 Å². The number of benzene rings is 1. The van der Waals surface area contributed by atoms with Gasteiger partial charge in [-0.05, 0) is 31.0 Å².